The number of H-pyrrole nitrogens is 1. The van der Waals surface area contributed by atoms with Crippen molar-refractivity contribution < 1.29 is 4.79 Å². The summed E-state index contributed by atoms with van der Waals surface area (Å²) in [5, 5.41) is 18.9. The van der Waals surface area contributed by atoms with Crippen LogP contribution in [0.3, 0.4) is 0 Å². The first kappa shape index (κ1) is 12.9. The summed E-state index contributed by atoms with van der Waals surface area (Å²) in [7, 11) is 1.77. The second kappa shape index (κ2) is 5.89. The zero-order valence-electron chi connectivity index (χ0n) is 10.8. The van der Waals surface area contributed by atoms with Crippen molar-refractivity contribution in [2.75, 3.05) is 12.4 Å². The Kier molecular flexibility index (Phi) is 4.01. The fraction of sp³-hybridized carbons (Fsp3) is 0.364. The van der Waals surface area contributed by atoms with Crippen LogP contribution in [0.25, 0.3) is 0 Å². The van der Waals surface area contributed by atoms with Gasteiger partial charge in [-0.05, 0) is 18.6 Å². The maximum Gasteiger partial charge on any atom is 0.251 e. The minimum atomic E-state index is -0.196. The molecule has 2 rings (SSSR count). The van der Waals surface area contributed by atoms with Crippen molar-refractivity contribution >= 4 is 11.7 Å². The number of rotatable bonds is 5. The Hall–Kier alpha value is -2.51. The molecule has 0 fully saturated rings. The van der Waals surface area contributed by atoms with Crippen molar-refractivity contribution in [2.45, 2.75) is 19.9 Å². The van der Waals surface area contributed by atoms with Gasteiger partial charge in [0.15, 0.2) is 5.82 Å². The second-order valence-electron chi connectivity index (χ2n) is 3.85. The Morgan fingerprint density at radius 1 is 1.42 bits per heavy atom. The number of amides is 1. The number of carbonyl (C=O) groups excluding carboxylic acids is 1. The molecule has 3 N–H and O–H groups in total. The molecule has 19 heavy (non-hydrogen) atoms. The lowest BCUT2D eigenvalue weighted by Crippen LogP contribution is -2.24. The average Bonchev–Trinajstić information content (AvgIpc) is 2.97. The van der Waals surface area contributed by atoms with Gasteiger partial charge in [0.05, 0.1) is 6.54 Å². The first-order chi connectivity index (χ1) is 9.22. The normalized spacial score (nSPS) is 10.2. The van der Waals surface area contributed by atoms with Crippen LogP contribution in [-0.4, -0.2) is 38.6 Å². The van der Waals surface area contributed by atoms with Gasteiger partial charge < -0.3 is 10.6 Å². The topological polar surface area (TPSA) is 108 Å². The van der Waals surface area contributed by atoms with E-state index in [1.807, 2.05) is 6.92 Å². The summed E-state index contributed by atoms with van der Waals surface area (Å²) in [6.45, 7) is 2.22. The summed E-state index contributed by atoms with van der Waals surface area (Å²) in [4.78, 5) is 16.4. The number of aryl methyl sites for hydroxylation is 1. The molecule has 0 spiro atoms. The minimum absolute atomic E-state index is 0.196. The van der Waals surface area contributed by atoms with E-state index in [9.17, 15) is 4.79 Å². The number of carbonyl (C=O) groups is 1. The van der Waals surface area contributed by atoms with Crippen LogP contribution in [0.2, 0.25) is 0 Å². The van der Waals surface area contributed by atoms with Crippen LogP contribution in [0, 0.1) is 0 Å². The molecule has 100 valence electrons. The molecule has 0 radical (unpaired) electrons. The lowest BCUT2D eigenvalue weighted by Gasteiger charge is -2.07. The van der Waals surface area contributed by atoms with Gasteiger partial charge in [-0.15, -0.1) is 10.2 Å². The van der Waals surface area contributed by atoms with Crippen LogP contribution in [0.4, 0.5) is 5.82 Å². The Morgan fingerprint density at radius 2 is 2.26 bits per heavy atom. The Balaban J connectivity index is 2.09. The van der Waals surface area contributed by atoms with Crippen LogP contribution in [-0.2, 0) is 13.0 Å². The van der Waals surface area contributed by atoms with Crippen LogP contribution in [0.5, 0.6) is 0 Å². The number of nitrogens with zero attached hydrogens (tertiary/aromatic N) is 4. The van der Waals surface area contributed by atoms with Crippen LogP contribution in [0.15, 0.2) is 12.1 Å². The lowest BCUT2D eigenvalue weighted by molar-refractivity contribution is 0.0949. The predicted molar refractivity (Wildman–Crippen MR) is 68.5 cm³/mol. The third kappa shape index (κ3) is 3.24. The molecule has 2 aromatic heterocycles. The van der Waals surface area contributed by atoms with E-state index >= 15 is 0 Å². The molecule has 0 aliphatic carbocycles. The van der Waals surface area contributed by atoms with Gasteiger partial charge >= 0.3 is 0 Å². The van der Waals surface area contributed by atoms with Crippen molar-refractivity contribution in [3.05, 3.63) is 29.2 Å². The first-order valence-corrected chi connectivity index (χ1v) is 5.92. The van der Waals surface area contributed by atoms with Crippen molar-refractivity contribution in [2.24, 2.45) is 0 Å². The van der Waals surface area contributed by atoms with Gasteiger partial charge in [0.25, 0.3) is 5.91 Å². The van der Waals surface area contributed by atoms with Crippen molar-refractivity contribution in [1.82, 2.24) is 30.9 Å². The summed E-state index contributed by atoms with van der Waals surface area (Å²) >= 11 is 0. The van der Waals surface area contributed by atoms with Crippen LogP contribution >= 0.6 is 0 Å². The molecule has 0 aromatic carbocycles. The molecule has 2 aromatic rings. The largest absolute Gasteiger partial charge is 0.373 e. The highest BCUT2D eigenvalue weighted by molar-refractivity contribution is 5.94. The van der Waals surface area contributed by atoms with E-state index in [0.717, 1.165) is 12.1 Å². The van der Waals surface area contributed by atoms with Gasteiger partial charge in [0, 0.05) is 18.3 Å². The smallest absolute Gasteiger partial charge is 0.251 e. The second-order valence-corrected chi connectivity index (χ2v) is 3.85. The number of hydrogen-bond acceptors (Lipinski definition) is 6. The van der Waals surface area contributed by atoms with Gasteiger partial charge in [-0.1, -0.05) is 12.1 Å². The first-order valence-electron chi connectivity index (χ1n) is 5.92. The Labute approximate surface area is 110 Å². The van der Waals surface area contributed by atoms with Gasteiger partial charge in [0.1, 0.15) is 5.82 Å². The molecular formula is C11H15N7O. The van der Waals surface area contributed by atoms with Crippen LogP contribution < -0.4 is 10.6 Å². The highest BCUT2D eigenvalue weighted by Gasteiger charge is 2.10. The van der Waals surface area contributed by atoms with Gasteiger partial charge in [-0.2, -0.15) is 5.21 Å². The standard InChI is InChI=1S/C11H15N7O/c1-3-8-4-7(5-9(12-2)14-8)11(19)13-6-10-15-17-18-16-10/h4-5H,3,6H2,1-2H3,(H,12,14)(H,13,19)(H,15,16,17,18). The molecule has 0 bridgehead atoms. The number of aromatic amines is 1. The zero-order chi connectivity index (χ0) is 13.7. The molecule has 0 saturated heterocycles. The van der Waals surface area contributed by atoms with Crippen molar-refractivity contribution in [3.63, 3.8) is 0 Å². The highest BCUT2D eigenvalue weighted by atomic mass is 16.1. The molecule has 0 aliphatic heterocycles. The fourth-order valence-corrected chi connectivity index (χ4v) is 1.55. The molecule has 2 heterocycles. The predicted octanol–water partition coefficient (Wildman–Crippen LogP) is 0.129. The van der Waals surface area contributed by atoms with Crippen molar-refractivity contribution in [1.29, 1.82) is 0 Å². The molecule has 8 nitrogen and oxygen atoms in total. The van der Waals surface area contributed by atoms with Gasteiger partial charge in [-0.3, -0.25) is 4.79 Å². The monoisotopic (exact) mass is 261 g/mol. The summed E-state index contributed by atoms with van der Waals surface area (Å²) in [5.74, 6) is 0.912. The number of aromatic nitrogens is 5. The van der Waals surface area contributed by atoms with Gasteiger partial charge in [-0.25, -0.2) is 4.98 Å². The maximum absolute atomic E-state index is 12.0. The molecule has 0 unspecified atom stereocenters. The molecule has 0 atom stereocenters. The Bertz CT molecular complexity index is 530. The summed E-state index contributed by atoms with van der Waals surface area (Å²) in [6.07, 6.45) is 0.765. The summed E-state index contributed by atoms with van der Waals surface area (Å²) < 4.78 is 0. The number of tetrazole rings is 1. The van der Waals surface area contributed by atoms with Crippen molar-refractivity contribution in [3.8, 4) is 0 Å². The molecular weight excluding hydrogens is 246 g/mol. The van der Waals surface area contributed by atoms with E-state index in [1.165, 1.54) is 0 Å². The maximum atomic E-state index is 12.0. The Morgan fingerprint density at radius 3 is 2.89 bits per heavy atom. The van der Waals surface area contributed by atoms with Gasteiger partial charge in [0.2, 0.25) is 0 Å². The van der Waals surface area contributed by atoms with E-state index in [1.54, 1.807) is 19.2 Å². The number of nitrogens with one attached hydrogen (secondary N) is 3. The lowest BCUT2D eigenvalue weighted by atomic mass is 10.2. The average molecular weight is 261 g/mol. The molecule has 0 aliphatic rings. The quantitative estimate of drug-likeness (QED) is 0.706. The molecule has 8 heteroatoms. The van der Waals surface area contributed by atoms with E-state index < -0.39 is 0 Å². The van der Waals surface area contributed by atoms with E-state index in [-0.39, 0.29) is 12.5 Å². The van der Waals surface area contributed by atoms with E-state index in [2.05, 4.69) is 36.2 Å². The summed E-state index contributed by atoms with van der Waals surface area (Å²) in [5.41, 5.74) is 1.41. The third-order valence-electron chi connectivity index (χ3n) is 2.56. The number of hydrogen-bond donors (Lipinski definition) is 3. The van der Waals surface area contributed by atoms with E-state index in [4.69, 9.17) is 0 Å². The zero-order valence-corrected chi connectivity index (χ0v) is 10.8. The minimum Gasteiger partial charge on any atom is -0.373 e. The highest BCUT2D eigenvalue weighted by Crippen LogP contribution is 2.10. The molecule has 0 saturated carbocycles. The summed E-state index contributed by atoms with van der Waals surface area (Å²) in [6, 6.07) is 3.47. The number of pyridine rings is 1. The fourth-order valence-electron chi connectivity index (χ4n) is 1.55. The van der Waals surface area contributed by atoms with Crippen LogP contribution in [0.1, 0.15) is 28.8 Å². The SMILES string of the molecule is CCc1cc(C(=O)NCc2nn[nH]n2)cc(NC)n1. The molecule has 1 amide bonds. The number of anilines is 1. The third-order valence-corrected chi connectivity index (χ3v) is 2.56. The van der Waals surface area contributed by atoms with E-state index in [0.29, 0.717) is 17.2 Å².